The molecule has 0 saturated carbocycles. The van der Waals surface area contributed by atoms with Crippen LogP contribution in [0.5, 0.6) is 0 Å². The number of carbonyl (C=O) groups is 1. The minimum absolute atomic E-state index is 0.200. The molecule has 0 aliphatic heterocycles. The van der Waals surface area contributed by atoms with Gasteiger partial charge in [0.1, 0.15) is 0 Å². The van der Waals surface area contributed by atoms with Gasteiger partial charge in [0, 0.05) is 25.0 Å². The standard InChI is InChI=1S/C25H29Cl2N3O/c1-3-4-5-14-30(25(31)28-24-22(26)12-7-13-23(24)27)18-21-11-8-15-29(21)17-20-10-6-9-19(2)16-20/h6-13,15-16H,3-5,14,17-18H2,1-2H3,(H,28,31). The second kappa shape index (κ2) is 11.3. The van der Waals surface area contributed by atoms with Gasteiger partial charge in [-0.15, -0.1) is 0 Å². The molecule has 0 spiro atoms. The zero-order valence-corrected chi connectivity index (χ0v) is 19.6. The summed E-state index contributed by atoms with van der Waals surface area (Å²) in [5.41, 5.74) is 4.01. The number of anilines is 1. The Morgan fingerprint density at radius 1 is 1.03 bits per heavy atom. The van der Waals surface area contributed by atoms with Gasteiger partial charge < -0.3 is 14.8 Å². The Hall–Kier alpha value is -2.43. The number of para-hydroxylation sites is 1. The third-order valence-electron chi connectivity index (χ3n) is 5.23. The molecule has 0 atom stereocenters. The van der Waals surface area contributed by atoms with E-state index in [1.807, 2.05) is 11.0 Å². The van der Waals surface area contributed by atoms with E-state index >= 15 is 0 Å². The maximum atomic E-state index is 13.1. The first-order chi connectivity index (χ1) is 15.0. The quantitative estimate of drug-likeness (QED) is 0.334. The van der Waals surface area contributed by atoms with Crippen molar-refractivity contribution in [2.45, 2.75) is 46.2 Å². The van der Waals surface area contributed by atoms with Crippen molar-refractivity contribution in [1.82, 2.24) is 9.47 Å². The number of amides is 2. The molecule has 1 N–H and O–H groups in total. The van der Waals surface area contributed by atoms with Crippen molar-refractivity contribution in [3.8, 4) is 0 Å². The smallest absolute Gasteiger partial charge is 0.322 e. The van der Waals surface area contributed by atoms with Gasteiger partial charge in [0.25, 0.3) is 0 Å². The van der Waals surface area contributed by atoms with E-state index < -0.39 is 0 Å². The molecule has 0 unspecified atom stereocenters. The molecule has 0 aliphatic carbocycles. The summed E-state index contributed by atoms with van der Waals surface area (Å²) in [5.74, 6) is 0. The highest BCUT2D eigenvalue weighted by atomic mass is 35.5. The molecule has 0 fully saturated rings. The number of aryl methyl sites for hydroxylation is 1. The molecule has 164 valence electrons. The van der Waals surface area contributed by atoms with Crippen molar-refractivity contribution in [3.63, 3.8) is 0 Å². The number of halogens is 2. The maximum Gasteiger partial charge on any atom is 0.322 e. The molecule has 6 heteroatoms. The lowest BCUT2D eigenvalue weighted by atomic mass is 10.1. The largest absolute Gasteiger partial charge is 0.345 e. The summed E-state index contributed by atoms with van der Waals surface area (Å²) in [7, 11) is 0. The topological polar surface area (TPSA) is 37.3 Å². The van der Waals surface area contributed by atoms with E-state index in [0.717, 1.165) is 31.5 Å². The second-order valence-electron chi connectivity index (χ2n) is 7.77. The first-order valence-electron chi connectivity index (χ1n) is 10.7. The lowest BCUT2D eigenvalue weighted by Crippen LogP contribution is -2.36. The van der Waals surface area contributed by atoms with Crippen LogP contribution in [0.1, 0.15) is 43.0 Å². The molecule has 1 heterocycles. The highest BCUT2D eigenvalue weighted by Gasteiger charge is 2.18. The van der Waals surface area contributed by atoms with Gasteiger partial charge in [-0.2, -0.15) is 0 Å². The van der Waals surface area contributed by atoms with Crippen molar-refractivity contribution in [2.24, 2.45) is 0 Å². The van der Waals surface area contributed by atoms with Gasteiger partial charge in [-0.3, -0.25) is 0 Å². The predicted octanol–water partition coefficient (Wildman–Crippen LogP) is 7.38. The SMILES string of the molecule is CCCCCN(Cc1cccn1Cc1cccc(C)c1)C(=O)Nc1c(Cl)cccc1Cl. The number of carbonyl (C=O) groups excluding carboxylic acids is 1. The summed E-state index contributed by atoms with van der Waals surface area (Å²) in [6.45, 7) is 6.19. The van der Waals surface area contributed by atoms with Crippen molar-refractivity contribution < 1.29 is 4.79 Å². The van der Waals surface area contributed by atoms with Gasteiger partial charge in [-0.25, -0.2) is 4.79 Å². The maximum absolute atomic E-state index is 13.1. The van der Waals surface area contributed by atoms with E-state index in [4.69, 9.17) is 23.2 Å². The molecule has 0 saturated heterocycles. The molecular formula is C25H29Cl2N3O. The third-order valence-corrected chi connectivity index (χ3v) is 5.86. The molecular weight excluding hydrogens is 429 g/mol. The van der Waals surface area contributed by atoms with Crippen LogP contribution >= 0.6 is 23.2 Å². The van der Waals surface area contributed by atoms with Crippen molar-refractivity contribution >= 4 is 34.9 Å². The molecule has 4 nitrogen and oxygen atoms in total. The summed E-state index contributed by atoms with van der Waals surface area (Å²) in [6.07, 6.45) is 5.17. The summed E-state index contributed by atoms with van der Waals surface area (Å²) in [6, 6.07) is 17.6. The van der Waals surface area contributed by atoms with Crippen LogP contribution in [0, 0.1) is 6.92 Å². The average Bonchev–Trinajstić information content (AvgIpc) is 3.16. The van der Waals surface area contributed by atoms with Gasteiger partial charge in [0.05, 0.1) is 22.3 Å². The van der Waals surface area contributed by atoms with Crippen LogP contribution in [0.25, 0.3) is 0 Å². The fourth-order valence-corrected chi connectivity index (χ4v) is 4.05. The monoisotopic (exact) mass is 457 g/mol. The van der Waals surface area contributed by atoms with E-state index in [-0.39, 0.29) is 6.03 Å². The first-order valence-corrected chi connectivity index (χ1v) is 11.4. The first kappa shape index (κ1) is 23.2. The Kier molecular flexibility index (Phi) is 8.44. The number of aromatic nitrogens is 1. The van der Waals surface area contributed by atoms with E-state index in [2.05, 4.69) is 60.3 Å². The molecule has 0 radical (unpaired) electrons. The number of urea groups is 1. The molecule has 3 aromatic rings. The van der Waals surface area contributed by atoms with Gasteiger partial charge in [-0.1, -0.05) is 78.9 Å². The van der Waals surface area contributed by atoms with Gasteiger partial charge >= 0.3 is 6.03 Å². The Labute approximate surface area is 194 Å². The Morgan fingerprint density at radius 2 is 1.77 bits per heavy atom. The lowest BCUT2D eigenvalue weighted by molar-refractivity contribution is 0.206. The Bertz CT molecular complexity index is 995. The molecule has 0 aliphatic rings. The average molecular weight is 458 g/mol. The lowest BCUT2D eigenvalue weighted by Gasteiger charge is -2.24. The fourth-order valence-electron chi connectivity index (χ4n) is 3.56. The van der Waals surface area contributed by atoms with E-state index in [9.17, 15) is 4.79 Å². The number of unbranched alkanes of at least 4 members (excludes halogenated alkanes) is 2. The van der Waals surface area contributed by atoms with Crippen LogP contribution in [0.2, 0.25) is 10.0 Å². The summed E-state index contributed by atoms with van der Waals surface area (Å²) >= 11 is 12.5. The number of nitrogens with zero attached hydrogens (tertiary/aromatic N) is 2. The van der Waals surface area contributed by atoms with Crippen molar-refractivity contribution in [3.05, 3.63) is 87.7 Å². The third kappa shape index (κ3) is 6.52. The molecule has 0 bridgehead atoms. The van der Waals surface area contributed by atoms with Crippen molar-refractivity contribution in [2.75, 3.05) is 11.9 Å². The van der Waals surface area contributed by atoms with E-state index in [1.54, 1.807) is 18.2 Å². The highest BCUT2D eigenvalue weighted by Crippen LogP contribution is 2.30. The minimum Gasteiger partial charge on any atom is -0.345 e. The number of hydrogen-bond acceptors (Lipinski definition) is 1. The van der Waals surface area contributed by atoms with Gasteiger partial charge in [0.2, 0.25) is 0 Å². The van der Waals surface area contributed by atoms with Crippen LogP contribution < -0.4 is 5.32 Å². The molecule has 2 aromatic carbocycles. The minimum atomic E-state index is -0.200. The number of nitrogens with one attached hydrogen (secondary N) is 1. The summed E-state index contributed by atoms with van der Waals surface area (Å²) in [4.78, 5) is 15.0. The van der Waals surface area contributed by atoms with Gasteiger partial charge in [0.15, 0.2) is 0 Å². The Morgan fingerprint density at radius 3 is 2.48 bits per heavy atom. The molecule has 2 amide bonds. The summed E-state index contributed by atoms with van der Waals surface area (Å²) in [5, 5.41) is 3.76. The van der Waals surface area contributed by atoms with Crippen molar-refractivity contribution in [1.29, 1.82) is 0 Å². The van der Waals surface area contributed by atoms with Crippen LogP contribution in [0.4, 0.5) is 10.5 Å². The van der Waals surface area contributed by atoms with Crippen LogP contribution in [-0.4, -0.2) is 22.0 Å². The molecule has 3 rings (SSSR count). The highest BCUT2D eigenvalue weighted by molar-refractivity contribution is 6.39. The second-order valence-corrected chi connectivity index (χ2v) is 8.59. The van der Waals surface area contributed by atoms with Gasteiger partial charge in [-0.05, 0) is 43.2 Å². The van der Waals surface area contributed by atoms with Crippen LogP contribution in [-0.2, 0) is 13.1 Å². The Balaban J connectivity index is 1.77. The number of hydrogen-bond donors (Lipinski definition) is 1. The zero-order chi connectivity index (χ0) is 22.2. The van der Waals surface area contributed by atoms with Crippen LogP contribution in [0.15, 0.2) is 60.8 Å². The normalized spacial score (nSPS) is 10.8. The zero-order valence-electron chi connectivity index (χ0n) is 18.1. The fraction of sp³-hybridized carbons (Fsp3) is 0.320. The predicted molar refractivity (Wildman–Crippen MR) is 130 cm³/mol. The van der Waals surface area contributed by atoms with Crippen LogP contribution in [0.3, 0.4) is 0 Å². The number of benzene rings is 2. The van der Waals surface area contributed by atoms with E-state index in [1.165, 1.54) is 11.1 Å². The molecule has 1 aromatic heterocycles. The molecule has 31 heavy (non-hydrogen) atoms. The van der Waals surface area contributed by atoms with E-state index in [0.29, 0.717) is 28.8 Å². The number of rotatable bonds is 9. The summed E-state index contributed by atoms with van der Waals surface area (Å²) < 4.78 is 2.19.